The second kappa shape index (κ2) is 6.95. The maximum atomic E-state index is 12.5. The van der Waals surface area contributed by atoms with Crippen LogP contribution in [0.5, 0.6) is 0 Å². The van der Waals surface area contributed by atoms with Crippen molar-refractivity contribution in [2.75, 3.05) is 23.5 Å². The van der Waals surface area contributed by atoms with E-state index in [9.17, 15) is 14.7 Å². The molecule has 1 amide bonds. The highest BCUT2D eigenvalue weighted by Crippen LogP contribution is 2.30. The Morgan fingerprint density at radius 3 is 2.86 bits per heavy atom. The summed E-state index contributed by atoms with van der Waals surface area (Å²) in [6.45, 7) is 0.193. The smallest absolute Gasteiger partial charge is 0.308 e. The fraction of sp³-hybridized carbons (Fsp3) is 0.467. The molecule has 114 valence electrons. The van der Waals surface area contributed by atoms with E-state index < -0.39 is 17.9 Å². The standard InChI is InChI=1S/C15H20N2O3S/c1-21-7-6-12(16)14(18)17-9-11(15(19)20)8-10-4-2-3-5-13(10)17/h2-5,11-12H,6-9,16H2,1H3,(H,19,20)/t11?,12-/m0/s1. The number of anilines is 1. The first-order chi connectivity index (χ1) is 10.0. The number of hydrogen-bond acceptors (Lipinski definition) is 4. The van der Waals surface area contributed by atoms with Gasteiger partial charge in [-0.15, -0.1) is 0 Å². The minimum absolute atomic E-state index is 0.192. The van der Waals surface area contributed by atoms with Crippen LogP contribution in [0.2, 0.25) is 0 Å². The Morgan fingerprint density at radius 2 is 2.19 bits per heavy atom. The van der Waals surface area contributed by atoms with Gasteiger partial charge in [0.25, 0.3) is 0 Å². The number of carbonyl (C=O) groups is 2. The third-order valence-corrected chi connectivity index (χ3v) is 4.36. The summed E-state index contributed by atoms with van der Waals surface area (Å²) in [6.07, 6.45) is 3.01. The quantitative estimate of drug-likeness (QED) is 0.858. The van der Waals surface area contributed by atoms with Gasteiger partial charge in [0.15, 0.2) is 0 Å². The molecular weight excluding hydrogens is 288 g/mol. The van der Waals surface area contributed by atoms with Crippen LogP contribution in [-0.2, 0) is 16.0 Å². The summed E-state index contributed by atoms with van der Waals surface area (Å²) < 4.78 is 0. The Balaban J connectivity index is 2.24. The van der Waals surface area contributed by atoms with E-state index in [0.29, 0.717) is 12.8 Å². The highest BCUT2D eigenvalue weighted by molar-refractivity contribution is 7.98. The predicted octanol–water partition coefficient (Wildman–Crippen LogP) is 1.36. The van der Waals surface area contributed by atoms with Gasteiger partial charge in [0.1, 0.15) is 0 Å². The molecule has 0 radical (unpaired) electrons. The van der Waals surface area contributed by atoms with Gasteiger partial charge in [-0.25, -0.2) is 0 Å². The maximum Gasteiger partial charge on any atom is 0.308 e. The number of nitrogens with zero attached hydrogens (tertiary/aromatic N) is 1. The zero-order valence-corrected chi connectivity index (χ0v) is 12.8. The van der Waals surface area contributed by atoms with E-state index in [1.54, 1.807) is 16.7 Å². The zero-order chi connectivity index (χ0) is 15.4. The van der Waals surface area contributed by atoms with Crippen molar-refractivity contribution < 1.29 is 14.7 Å². The van der Waals surface area contributed by atoms with Crippen LogP contribution in [-0.4, -0.2) is 41.6 Å². The number of nitrogens with two attached hydrogens (primary N) is 1. The minimum atomic E-state index is -0.875. The Kier molecular flexibility index (Phi) is 5.25. The summed E-state index contributed by atoms with van der Waals surface area (Å²) >= 11 is 1.64. The number of benzene rings is 1. The van der Waals surface area contributed by atoms with E-state index in [0.717, 1.165) is 17.0 Å². The molecule has 1 aliphatic rings. The maximum absolute atomic E-state index is 12.5. The fourth-order valence-corrected chi connectivity index (χ4v) is 3.03. The molecule has 0 aromatic heterocycles. The summed E-state index contributed by atoms with van der Waals surface area (Å²) in [5, 5.41) is 9.27. The van der Waals surface area contributed by atoms with Crippen LogP contribution in [0, 0.1) is 5.92 Å². The number of carbonyl (C=O) groups excluding carboxylic acids is 1. The van der Waals surface area contributed by atoms with E-state index in [2.05, 4.69) is 0 Å². The van der Waals surface area contributed by atoms with Crippen molar-refractivity contribution in [1.29, 1.82) is 0 Å². The van der Waals surface area contributed by atoms with Crippen LogP contribution < -0.4 is 10.6 Å². The molecule has 0 fully saturated rings. The number of carboxylic acids is 1. The molecule has 2 atom stereocenters. The van der Waals surface area contributed by atoms with Gasteiger partial charge < -0.3 is 15.7 Å². The van der Waals surface area contributed by atoms with Gasteiger partial charge in [0.2, 0.25) is 5.91 Å². The van der Waals surface area contributed by atoms with Crippen molar-refractivity contribution in [2.24, 2.45) is 11.7 Å². The zero-order valence-electron chi connectivity index (χ0n) is 12.0. The average molecular weight is 308 g/mol. The largest absolute Gasteiger partial charge is 0.481 e. The number of thioether (sulfide) groups is 1. The van der Waals surface area contributed by atoms with Gasteiger partial charge in [0, 0.05) is 12.2 Å². The number of rotatable bonds is 5. The molecular formula is C15H20N2O3S. The lowest BCUT2D eigenvalue weighted by Crippen LogP contribution is -2.49. The van der Waals surface area contributed by atoms with Gasteiger partial charge in [-0.05, 0) is 36.5 Å². The van der Waals surface area contributed by atoms with Gasteiger partial charge in [0.05, 0.1) is 12.0 Å². The van der Waals surface area contributed by atoms with Crippen molar-refractivity contribution in [1.82, 2.24) is 0 Å². The topological polar surface area (TPSA) is 83.6 Å². The molecule has 21 heavy (non-hydrogen) atoms. The first kappa shape index (κ1) is 15.9. The molecule has 1 heterocycles. The van der Waals surface area contributed by atoms with E-state index in [-0.39, 0.29) is 12.5 Å². The molecule has 0 bridgehead atoms. The Morgan fingerprint density at radius 1 is 1.48 bits per heavy atom. The molecule has 2 rings (SSSR count). The molecule has 0 spiro atoms. The number of para-hydroxylation sites is 1. The van der Waals surface area contributed by atoms with Crippen molar-refractivity contribution in [3.05, 3.63) is 29.8 Å². The number of hydrogen-bond donors (Lipinski definition) is 2. The van der Waals surface area contributed by atoms with Crippen molar-refractivity contribution in [3.63, 3.8) is 0 Å². The number of carboxylic acid groups (broad SMARTS) is 1. The SMILES string of the molecule is CSCC[C@H](N)C(=O)N1CC(C(=O)O)Cc2ccccc21. The second-order valence-electron chi connectivity index (χ2n) is 5.20. The van der Waals surface area contributed by atoms with Crippen molar-refractivity contribution >= 4 is 29.3 Å². The highest BCUT2D eigenvalue weighted by Gasteiger charge is 2.33. The van der Waals surface area contributed by atoms with Crippen LogP contribution in [0.15, 0.2) is 24.3 Å². The Labute approximate surface area is 128 Å². The molecule has 0 aliphatic carbocycles. The molecule has 1 aromatic rings. The van der Waals surface area contributed by atoms with Gasteiger partial charge in [-0.2, -0.15) is 11.8 Å². The van der Waals surface area contributed by atoms with Gasteiger partial charge in [-0.1, -0.05) is 18.2 Å². The first-order valence-corrected chi connectivity index (χ1v) is 8.30. The minimum Gasteiger partial charge on any atom is -0.481 e. The molecule has 0 saturated heterocycles. The van der Waals surface area contributed by atoms with E-state index >= 15 is 0 Å². The van der Waals surface area contributed by atoms with E-state index in [4.69, 9.17) is 5.73 Å². The first-order valence-electron chi connectivity index (χ1n) is 6.91. The molecule has 5 nitrogen and oxygen atoms in total. The van der Waals surface area contributed by atoms with E-state index in [1.165, 1.54) is 0 Å². The summed E-state index contributed by atoms with van der Waals surface area (Å²) in [7, 11) is 0. The van der Waals surface area contributed by atoms with Crippen LogP contribution in [0.3, 0.4) is 0 Å². The van der Waals surface area contributed by atoms with Crippen LogP contribution in [0.4, 0.5) is 5.69 Å². The lowest BCUT2D eigenvalue weighted by Gasteiger charge is -2.34. The number of aliphatic carboxylic acids is 1. The number of fused-ring (bicyclic) bond motifs is 1. The highest BCUT2D eigenvalue weighted by atomic mass is 32.2. The molecule has 6 heteroatoms. The second-order valence-corrected chi connectivity index (χ2v) is 6.19. The molecule has 1 unspecified atom stereocenters. The summed E-state index contributed by atoms with van der Waals surface area (Å²) in [6, 6.07) is 6.86. The predicted molar refractivity (Wildman–Crippen MR) is 84.6 cm³/mol. The fourth-order valence-electron chi connectivity index (χ4n) is 2.54. The van der Waals surface area contributed by atoms with E-state index in [1.807, 2.05) is 30.5 Å². The van der Waals surface area contributed by atoms with Gasteiger partial charge >= 0.3 is 5.97 Å². The summed E-state index contributed by atoms with van der Waals surface area (Å²) in [4.78, 5) is 25.4. The van der Waals surface area contributed by atoms with Gasteiger partial charge in [-0.3, -0.25) is 9.59 Å². The summed E-state index contributed by atoms with van der Waals surface area (Å²) in [5.41, 5.74) is 7.64. The monoisotopic (exact) mass is 308 g/mol. The van der Waals surface area contributed by atoms with Crippen LogP contribution in [0.25, 0.3) is 0 Å². The molecule has 3 N–H and O–H groups in total. The van der Waals surface area contributed by atoms with Crippen LogP contribution in [0.1, 0.15) is 12.0 Å². The number of amides is 1. The average Bonchev–Trinajstić information content (AvgIpc) is 2.50. The normalized spacial score (nSPS) is 19.0. The Bertz CT molecular complexity index is 535. The third-order valence-electron chi connectivity index (χ3n) is 3.72. The third kappa shape index (κ3) is 3.57. The Hall–Kier alpha value is -1.53. The molecule has 1 aliphatic heterocycles. The lowest BCUT2D eigenvalue weighted by atomic mass is 9.92. The lowest BCUT2D eigenvalue weighted by molar-refractivity contribution is -0.141. The summed E-state index contributed by atoms with van der Waals surface area (Å²) in [5.74, 6) is -0.830. The van der Waals surface area contributed by atoms with Crippen LogP contribution >= 0.6 is 11.8 Å². The molecule has 1 aromatic carbocycles. The van der Waals surface area contributed by atoms with Crippen molar-refractivity contribution in [2.45, 2.75) is 18.9 Å². The molecule has 0 saturated carbocycles. The van der Waals surface area contributed by atoms with Crippen molar-refractivity contribution in [3.8, 4) is 0 Å².